The summed E-state index contributed by atoms with van der Waals surface area (Å²) in [6.45, 7) is 2.05. The molecule has 3 aromatic rings. The summed E-state index contributed by atoms with van der Waals surface area (Å²) < 4.78 is 7.21. The van der Waals surface area contributed by atoms with E-state index in [2.05, 4.69) is 25.2 Å². The zero-order valence-electron chi connectivity index (χ0n) is 16.4. The van der Waals surface area contributed by atoms with Crippen LogP contribution < -0.4 is 15.0 Å². The molecular weight excluding hydrogens is 368 g/mol. The second-order valence-electron chi connectivity index (χ2n) is 6.91. The van der Waals surface area contributed by atoms with Crippen molar-refractivity contribution in [1.82, 2.24) is 24.8 Å². The number of rotatable bonds is 6. The van der Waals surface area contributed by atoms with Crippen LogP contribution in [0, 0.1) is 0 Å². The molecule has 1 aliphatic rings. The molecule has 1 saturated heterocycles. The molecule has 29 heavy (non-hydrogen) atoms. The number of benzene rings is 1. The number of hydrogen-bond acceptors (Lipinski definition) is 6. The summed E-state index contributed by atoms with van der Waals surface area (Å²) in [5.74, 6) is 0.912. The molecule has 8 nitrogen and oxygen atoms in total. The first-order chi connectivity index (χ1) is 14.2. The summed E-state index contributed by atoms with van der Waals surface area (Å²) in [5.41, 5.74) is 1.58. The Labute approximate surface area is 169 Å². The lowest BCUT2D eigenvalue weighted by molar-refractivity contribution is 0.0949. The predicted octanol–water partition coefficient (Wildman–Crippen LogP) is 2.59. The fourth-order valence-corrected chi connectivity index (χ4v) is 3.35. The number of methoxy groups -OCH3 is 1. The van der Waals surface area contributed by atoms with Gasteiger partial charge in [0.1, 0.15) is 0 Å². The third-order valence-corrected chi connectivity index (χ3v) is 4.91. The fourth-order valence-electron chi connectivity index (χ4n) is 3.35. The predicted molar refractivity (Wildman–Crippen MR) is 109 cm³/mol. The summed E-state index contributed by atoms with van der Waals surface area (Å²) in [6.07, 6.45) is 7.40. The molecule has 1 amide bonds. The largest absolute Gasteiger partial charge is 0.467 e. The molecule has 8 heteroatoms. The van der Waals surface area contributed by atoms with Crippen molar-refractivity contribution in [3.63, 3.8) is 0 Å². The first-order valence-corrected chi connectivity index (χ1v) is 9.78. The Morgan fingerprint density at radius 2 is 1.76 bits per heavy atom. The SMILES string of the molecule is COc1nc(CNC(=O)c2ccc(-n3cccc3)cc2)nc(N2CCCCC2)n1. The first kappa shape index (κ1) is 18.9. The third-order valence-electron chi connectivity index (χ3n) is 4.91. The molecule has 4 rings (SSSR count). The minimum absolute atomic E-state index is 0.178. The van der Waals surface area contributed by atoms with Gasteiger partial charge in [-0.2, -0.15) is 15.0 Å². The molecule has 3 heterocycles. The number of amides is 1. The Kier molecular flexibility index (Phi) is 5.69. The van der Waals surface area contributed by atoms with Crippen molar-refractivity contribution in [3.8, 4) is 11.7 Å². The molecule has 0 spiro atoms. The van der Waals surface area contributed by atoms with Crippen molar-refractivity contribution >= 4 is 11.9 Å². The molecule has 1 aromatic carbocycles. The summed E-state index contributed by atoms with van der Waals surface area (Å²) in [4.78, 5) is 27.8. The van der Waals surface area contributed by atoms with Gasteiger partial charge in [-0.05, 0) is 55.7 Å². The highest BCUT2D eigenvalue weighted by Gasteiger charge is 2.17. The fraction of sp³-hybridized carbons (Fsp3) is 0.333. The van der Waals surface area contributed by atoms with Gasteiger partial charge in [0.05, 0.1) is 13.7 Å². The number of piperidine rings is 1. The van der Waals surface area contributed by atoms with Crippen molar-refractivity contribution in [2.75, 3.05) is 25.1 Å². The maximum Gasteiger partial charge on any atom is 0.321 e. The van der Waals surface area contributed by atoms with E-state index < -0.39 is 0 Å². The molecule has 0 bridgehead atoms. The Morgan fingerprint density at radius 3 is 2.45 bits per heavy atom. The molecule has 0 aliphatic carbocycles. The lowest BCUT2D eigenvalue weighted by Gasteiger charge is -2.26. The van der Waals surface area contributed by atoms with Crippen LogP contribution in [0.15, 0.2) is 48.8 Å². The first-order valence-electron chi connectivity index (χ1n) is 9.78. The van der Waals surface area contributed by atoms with Gasteiger partial charge in [0.25, 0.3) is 5.91 Å². The average molecular weight is 392 g/mol. The normalized spacial score (nSPS) is 13.9. The number of nitrogens with one attached hydrogen (secondary N) is 1. The number of aromatic nitrogens is 4. The Morgan fingerprint density at radius 1 is 1.03 bits per heavy atom. The Balaban J connectivity index is 1.43. The number of anilines is 1. The van der Waals surface area contributed by atoms with Crippen LogP contribution in [0.2, 0.25) is 0 Å². The van der Waals surface area contributed by atoms with E-state index in [0.717, 1.165) is 31.6 Å². The summed E-state index contributed by atoms with van der Waals surface area (Å²) in [5, 5.41) is 2.88. The molecule has 0 atom stereocenters. The molecule has 0 saturated carbocycles. The van der Waals surface area contributed by atoms with E-state index in [1.807, 2.05) is 41.2 Å². The van der Waals surface area contributed by atoms with Crippen LogP contribution in [-0.2, 0) is 6.54 Å². The van der Waals surface area contributed by atoms with Gasteiger partial charge in [-0.3, -0.25) is 4.79 Å². The van der Waals surface area contributed by atoms with E-state index in [1.165, 1.54) is 13.5 Å². The molecule has 1 N–H and O–H groups in total. The van der Waals surface area contributed by atoms with Crippen molar-refractivity contribution in [2.45, 2.75) is 25.8 Å². The Hall–Kier alpha value is -3.42. The minimum Gasteiger partial charge on any atom is -0.467 e. The summed E-state index contributed by atoms with van der Waals surface area (Å²) in [6, 6.07) is 11.6. The van der Waals surface area contributed by atoms with E-state index in [9.17, 15) is 4.79 Å². The van der Waals surface area contributed by atoms with Gasteiger partial charge in [0.2, 0.25) is 5.95 Å². The lowest BCUT2D eigenvalue weighted by atomic mass is 10.1. The van der Waals surface area contributed by atoms with E-state index in [-0.39, 0.29) is 18.5 Å². The van der Waals surface area contributed by atoms with Gasteiger partial charge < -0.3 is 19.5 Å². The van der Waals surface area contributed by atoms with Gasteiger partial charge >= 0.3 is 6.01 Å². The third kappa shape index (κ3) is 4.53. The van der Waals surface area contributed by atoms with E-state index in [4.69, 9.17) is 4.74 Å². The summed E-state index contributed by atoms with van der Waals surface area (Å²) >= 11 is 0. The van der Waals surface area contributed by atoms with Crippen LogP contribution in [-0.4, -0.2) is 45.6 Å². The average Bonchev–Trinajstić information content (AvgIpc) is 3.33. The second-order valence-corrected chi connectivity index (χ2v) is 6.91. The topological polar surface area (TPSA) is 85.2 Å². The quantitative estimate of drug-likeness (QED) is 0.694. The summed E-state index contributed by atoms with van der Waals surface area (Å²) in [7, 11) is 1.53. The monoisotopic (exact) mass is 392 g/mol. The van der Waals surface area contributed by atoms with Gasteiger partial charge in [-0.1, -0.05) is 0 Å². The van der Waals surface area contributed by atoms with E-state index in [1.54, 1.807) is 12.1 Å². The van der Waals surface area contributed by atoms with Gasteiger partial charge in [-0.25, -0.2) is 0 Å². The number of hydrogen-bond donors (Lipinski definition) is 1. The highest BCUT2D eigenvalue weighted by Crippen LogP contribution is 2.18. The van der Waals surface area contributed by atoms with Crippen molar-refractivity contribution in [3.05, 3.63) is 60.2 Å². The zero-order valence-corrected chi connectivity index (χ0v) is 16.4. The zero-order chi connectivity index (χ0) is 20.1. The number of nitrogens with zero attached hydrogens (tertiary/aromatic N) is 5. The second kappa shape index (κ2) is 8.72. The lowest BCUT2D eigenvalue weighted by Crippen LogP contribution is -2.32. The highest BCUT2D eigenvalue weighted by atomic mass is 16.5. The molecule has 2 aromatic heterocycles. The van der Waals surface area contributed by atoms with Crippen molar-refractivity contribution in [2.24, 2.45) is 0 Å². The van der Waals surface area contributed by atoms with Crippen molar-refractivity contribution in [1.29, 1.82) is 0 Å². The van der Waals surface area contributed by atoms with Crippen LogP contribution in [0.4, 0.5) is 5.95 Å². The van der Waals surface area contributed by atoms with E-state index in [0.29, 0.717) is 17.3 Å². The number of ether oxygens (including phenoxy) is 1. The standard InChI is InChI=1S/C21H24N6O2/c1-29-21-24-18(23-20(25-21)27-13-3-2-4-14-27)15-22-19(28)16-7-9-17(10-8-16)26-11-5-6-12-26/h5-12H,2-4,13-15H2,1H3,(H,22,28). The number of carbonyl (C=O) groups excluding carboxylic acids is 1. The smallest absolute Gasteiger partial charge is 0.321 e. The highest BCUT2D eigenvalue weighted by molar-refractivity contribution is 5.94. The van der Waals surface area contributed by atoms with Crippen LogP contribution in [0.25, 0.3) is 5.69 Å². The van der Waals surface area contributed by atoms with Crippen LogP contribution in [0.1, 0.15) is 35.4 Å². The molecular formula is C21H24N6O2. The minimum atomic E-state index is -0.178. The molecule has 0 radical (unpaired) electrons. The molecule has 1 aliphatic heterocycles. The van der Waals surface area contributed by atoms with Crippen LogP contribution in [0.5, 0.6) is 6.01 Å². The molecule has 0 unspecified atom stereocenters. The van der Waals surface area contributed by atoms with Gasteiger partial charge in [-0.15, -0.1) is 0 Å². The molecule has 1 fully saturated rings. The van der Waals surface area contributed by atoms with Gasteiger partial charge in [0.15, 0.2) is 5.82 Å². The van der Waals surface area contributed by atoms with Crippen molar-refractivity contribution < 1.29 is 9.53 Å². The Bertz CT molecular complexity index is 950. The van der Waals surface area contributed by atoms with Gasteiger partial charge in [0, 0.05) is 36.7 Å². The van der Waals surface area contributed by atoms with Crippen LogP contribution >= 0.6 is 0 Å². The maximum atomic E-state index is 12.5. The maximum absolute atomic E-state index is 12.5. The molecule has 150 valence electrons. The van der Waals surface area contributed by atoms with E-state index >= 15 is 0 Å². The number of carbonyl (C=O) groups is 1. The van der Waals surface area contributed by atoms with Crippen LogP contribution in [0.3, 0.4) is 0 Å².